The highest BCUT2D eigenvalue weighted by atomic mass is 35.5. The Morgan fingerprint density at radius 2 is 2.19 bits per heavy atom. The third-order valence-corrected chi connectivity index (χ3v) is 3.44. The van der Waals surface area contributed by atoms with E-state index in [0.29, 0.717) is 22.5 Å². The van der Waals surface area contributed by atoms with E-state index in [-0.39, 0.29) is 0 Å². The zero-order chi connectivity index (χ0) is 11.7. The maximum Gasteiger partial charge on any atom is 0.152 e. The molecule has 0 aliphatic carbocycles. The lowest BCUT2D eigenvalue weighted by atomic mass is 10.1. The van der Waals surface area contributed by atoms with Crippen molar-refractivity contribution >= 4 is 23.6 Å². The van der Waals surface area contributed by atoms with Gasteiger partial charge in [-0.15, -0.1) is 0 Å². The van der Waals surface area contributed by atoms with Gasteiger partial charge in [0.05, 0.1) is 0 Å². The van der Waals surface area contributed by atoms with Crippen LogP contribution in [0.15, 0.2) is 18.2 Å². The molecule has 1 aromatic carbocycles. The summed E-state index contributed by atoms with van der Waals surface area (Å²) in [5.74, 6) is 0.685. The fourth-order valence-corrected chi connectivity index (χ4v) is 2.70. The van der Waals surface area contributed by atoms with E-state index in [9.17, 15) is 4.79 Å². The molecule has 2 atom stereocenters. The summed E-state index contributed by atoms with van der Waals surface area (Å²) in [4.78, 5) is 13.3. The molecule has 1 saturated heterocycles. The molecule has 2 unspecified atom stereocenters. The van der Waals surface area contributed by atoms with Gasteiger partial charge in [-0.2, -0.15) is 0 Å². The quantitative estimate of drug-likeness (QED) is 0.735. The Kier molecular flexibility index (Phi) is 3.20. The van der Waals surface area contributed by atoms with Crippen molar-refractivity contribution in [2.75, 3.05) is 11.4 Å². The Balaban J connectivity index is 2.36. The van der Waals surface area contributed by atoms with Crippen LogP contribution in [0.5, 0.6) is 0 Å². The Morgan fingerprint density at radius 1 is 1.44 bits per heavy atom. The lowest BCUT2D eigenvalue weighted by Crippen LogP contribution is -2.27. The van der Waals surface area contributed by atoms with Gasteiger partial charge in [-0.05, 0) is 37.5 Å². The predicted molar refractivity (Wildman–Crippen MR) is 67.4 cm³/mol. The van der Waals surface area contributed by atoms with E-state index in [1.54, 1.807) is 6.07 Å². The van der Waals surface area contributed by atoms with E-state index in [0.717, 1.165) is 18.5 Å². The van der Waals surface area contributed by atoms with Gasteiger partial charge in [0.25, 0.3) is 0 Å². The normalized spacial score (nSPS) is 24.8. The Morgan fingerprint density at radius 3 is 2.75 bits per heavy atom. The van der Waals surface area contributed by atoms with Crippen LogP contribution in [0.25, 0.3) is 0 Å². The molecular weight excluding hydrogens is 222 g/mol. The first-order valence-electron chi connectivity index (χ1n) is 5.63. The predicted octanol–water partition coefficient (Wildman–Crippen LogP) is 3.39. The number of halogens is 1. The van der Waals surface area contributed by atoms with Crippen molar-refractivity contribution in [2.45, 2.75) is 26.3 Å². The highest BCUT2D eigenvalue weighted by Gasteiger charge is 2.27. The number of carbonyl (C=O) groups is 1. The standard InChI is InChI=1S/C13H16ClNO/c1-9-5-10(2)15(7-9)13-4-3-12(14)6-11(13)8-16/h3-4,6,8-10H,5,7H2,1-2H3. The second-order valence-corrected chi connectivity index (χ2v) is 5.10. The Bertz CT molecular complexity index is 405. The summed E-state index contributed by atoms with van der Waals surface area (Å²) in [5, 5.41) is 0.616. The van der Waals surface area contributed by atoms with Crippen LogP contribution in [-0.4, -0.2) is 18.9 Å². The zero-order valence-electron chi connectivity index (χ0n) is 9.61. The fourth-order valence-electron chi connectivity index (χ4n) is 2.52. The average molecular weight is 238 g/mol. The van der Waals surface area contributed by atoms with Gasteiger partial charge < -0.3 is 4.90 Å². The number of hydrogen-bond acceptors (Lipinski definition) is 2. The smallest absolute Gasteiger partial charge is 0.152 e. The van der Waals surface area contributed by atoms with Crippen molar-refractivity contribution in [1.29, 1.82) is 0 Å². The summed E-state index contributed by atoms with van der Waals surface area (Å²) in [6.07, 6.45) is 2.07. The minimum atomic E-state index is 0.495. The zero-order valence-corrected chi connectivity index (χ0v) is 10.4. The maximum absolute atomic E-state index is 11.0. The van der Waals surface area contributed by atoms with Crippen LogP contribution in [0.4, 0.5) is 5.69 Å². The molecule has 86 valence electrons. The van der Waals surface area contributed by atoms with E-state index < -0.39 is 0 Å². The molecule has 2 rings (SSSR count). The highest BCUT2D eigenvalue weighted by molar-refractivity contribution is 6.31. The van der Waals surface area contributed by atoms with Crippen LogP contribution in [-0.2, 0) is 0 Å². The fraction of sp³-hybridized carbons (Fsp3) is 0.462. The lowest BCUT2D eigenvalue weighted by molar-refractivity contribution is 0.112. The number of benzene rings is 1. The number of rotatable bonds is 2. The highest BCUT2D eigenvalue weighted by Crippen LogP contribution is 2.31. The molecule has 0 N–H and O–H groups in total. The molecule has 1 heterocycles. The molecule has 2 nitrogen and oxygen atoms in total. The molecule has 0 aromatic heterocycles. The van der Waals surface area contributed by atoms with E-state index in [1.165, 1.54) is 6.42 Å². The van der Waals surface area contributed by atoms with Gasteiger partial charge in [-0.1, -0.05) is 18.5 Å². The van der Waals surface area contributed by atoms with Gasteiger partial charge in [-0.3, -0.25) is 4.79 Å². The summed E-state index contributed by atoms with van der Waals surface area (Å²) in [7, 11) is 0. The van der Waals surface area contributed by atoms with Crippen molar-refractivity contribution in [1.82, 2.24) is 0 Å². The molecule has 1 aromatic rings. The van der Waals surface area contributed by atoms with E-state index >= 15 is 0 Å². The lowest BCUT2D eigenvalue weighted by Gasteiger charge is -2.25. The molecule has 0 bridgehead atoms. The van der Waals surface area contributed by atoms with Crippen molar-refractivity contribution in [2.24, 2.45) is 5.92 Å². The van der Waals surface area contributed by atoms with Crippen LogP contribution in [0.2, 0.25) is 5.02 Å². The molecule has 0 spiro atoms. The first-order valence-corrected chi connectivity index (χ1v) is 6.01. The molecule has 1 fully saturated rings. The molecule has 16 heavy (non-hydrogen) atoms. The summed E-state index contributed by atoms with van der Waals surface area (Å²) in [6.45, 7) is 5.46. The number of hydrogen-bond donors (Lipinski definition) is 0. The molecule has 1 aliphatic rings. The minimum Gasteiger partial charge on any atom is -0.368 e. The average Bonchev–Trinajstić information content (AvgIpc) is 2.57. The molecular formula is C13H16ClNO. The second kappa shape index (κ2) is 4.46. The van der Waals surface area contributed by atoms with Crippen LogP contribution in [0.1, 0.15) is 30.6 Å². The monoisotopic (exact) mass is 237 g/mol. The molecule has 0 amide bonds. The maximum atomic E-state index is 11.0. The molecule has 0 saturated carbocycles. The largest absolute Gasteiger partial charge is 0.368 e. The van der Waals surface area contributed by atoms with Crippen molar-refractivity contribution in [3.63, 3.8) is 0 Å². The number of carbonyl (C=O) groups excluding carboxylic acids is 1. The first-order chi connectivity index (χ1) is 7.61. The Hall–Kier alpha value is -1.02. The molecule has 3 heteroatoms. The second-order valence-electron chi connectivity index (χ2n) is 4.66. The van der Waals surface area contributed by atoms with Crippen molar-refractivity contribution in [3.05, 3.63) is 28.8 Å². The van der Waals surface area contributed by atoms with Gasteiger partial charge in [-0.25, -0.2) is 0 Å². The van der Waals surface area contributed by atoms with Crippen molar-refractivity contribution < 1.29 is 4.79 Å². The SMILES string of the molecule is CC1CC(C)N(c2ccc(Cl)cc2C=O)C1. The van der Waals surface area contributed by atoms with E-state index in [4.69, 9.17) is 11.6 Å². The number of nitrogens with zero attached hydrogens (tertiary/aromatic N) is 1. The van der Waals surface area contributed by atoms with Gasteiger partial charge in [0.1, 0.15) is 0 Å². The van der Waals surface area contributed by atoms with Crippen LogP contribution >= 0.6 is 11.6 Å². The van der Waals surface area contributed by atoms with Crippen LogP contribution in [0.3, 0.4) is 0 Å². The van der Waals surface area contributed by atoms with Gasteiger partial charge >= 0.3 is 0 Å². The topological polar surface area (TPSA) is 20.3 Å². The first kappa shape index (κ1) is 11.5. The van der Waals surface area contributed by atoms with Gasteiger partial charge in [0.2, 0.25) is 0 Å². The summed E-state index contributed by atoms with van der Waals surface area (Å²) in [6, 6.07) is 6.02. The van der Waals surface area contributed by atoms with E-state index in [1.807, 2.05) is 12.1 Å². The molecule has 0 radical (unpaired) electrons. The van der Waals surface area contributed by atoms with Gasteiger partial charge in [0.15, 0.2) is 6.29 Å². The van der Waals surface area contributed by atoms with Crippen LogP contribution < -0.4 is 4.90 Å². The van der Waals surface area contributed by atoms with Gasteiger partial charge in [0, 0.05) is 28.9 Å². The minimum absolute atomic E-state index is 0.495. The number of aldehydes is 1. The number of anilines is 1. The third kappa shape index (κ3) is 2.07. The molecule has 1 aliphatic heterocycles. The summed E-state index contributed by atoms with van der Waals surface area (Å²) in [5.41, 5.74) is 1.70. The van der Waals surface area contributed by atoms with E-state index in [2.05, 4.69) is 18.7 Å². The summed E-state index contributed by atoms with van der Waals surface area (Å²) >= 11 is 5.89. The van der Waals surface area contributed by atoms with Crippen molar-refractivity contribution in [3.8, 4) is 0 Å². The third-order valence-electron chi connectivity index (χ3n) is 3.21. The Labute approximate surface area is 101 Å². The summed E-state index contributed by atoms with van der Waals surface area (Å²) < 4.78 is 0. The van der Waals surface area contributed by atoms with Crippen LogP contribution in [0, 0.1) is 5.92 Å².